The molecule has 32 heavy (non-hydrogen) atoms. The Morgan fingerprint density at radius 1 is 0.938 bits per heavy atom. The van der Waals surface area contributed by atoms with Crippen molar-refractivity contribution in [2.24, 2.45) is 5.92 Å². The summed E-state index contributed by atoms with van der Waals surface area (Å²) in [5.41, 5.74) is -3.75. The highest BCUT2D eigenvalue weighted by Gasteiger charge is 2.37. The lowest BCUT2D eigenvalue weighted by Gasteiger charge is -2.35. The van der Waals surface area contributed by atoms with Crippen LogP contribution in [-0.2, 0) is 17.1 Å². The van der Waals surface area contributed by atoms with Crippen LogP contribution in [0.1, 0.15) is 53.6 Å². The van der Waals surface area contributed by atoms with Gasteiger partial charge in [0.2, 0.25) is 5.91 Å². The van der Waals surface area contributed by atoms with Gasteiger partial charge in [-0.1, -0.05) is 6.42 Å². The van der Waals surface area contributed by atoms with Crippen molar-refractivity contribution in [3.05, 3.63) is 34.9 Å². The van der Waals surface area contributed by atoms with Crippen LogP contribution in [-0.4, -0.2) is 48.9 Å². The van der Waals surface area contributed by atoms with Crippen LogP contribution < -0.4 is 10.6 Å². The zero-order valence-electron chi connectivity index (χ0n) is 17.3. The molecule has 0 aliphatic carbocycles. The molecule has 2 amide bonds. The van der Waals surface area contributed by atoms with Gasteiger partial charge in [0.25, 0.3) is 5.91 Å². The second-order valence-electron chi connectivity index (χ2n) is 8.28. The van der Waals surface area contributed by atoms with Gasteiger partial charge in [-0.05, 0) is 56.3 Å². The van der Waals surface area contributed by atoms with Gasteiger partial charge in [0.1, 0.15) is 0 Å². The van der Waals surface area contributed by atoms with Crippen molar-refractivity contribution in [1.29, 1.82) is 0 Å². The number of hydrogen-bond donors (Lipinski definition) is 2. The van der Waals surface area contributed by atoms with E-state index in [-0.39, 0.29) is 30.5 Å². The van der Waals surface area contributed by atoms with Crippen LogP contribution in [0.5, 0.6) is 0 Å². The van der Waals surface area contributed by atoms with Crippen molar-refractivity contribution in [2.45, 2.75) is 50.5 Å². The van der Waals surface area contributed by atoms with Gasteiger partial charge in [-0.25, -0.2) is 0 Å². The first-order valence-electron chi connectivity index (χ1n) is 10.5. The van der Waals surface area contributed by atoms with Gasteiger partial charge in [-0.2, -0.15) is 26.3 Å². The maximum Gasteiger partial charge on any atom is 0.416 e. The van der Waals surface area contributed by atoms with Crippen LogP contribution in [0.3, 0.4) is 0 Å². The number of likely N-dealkylation sites (tertiary alicyclic amines) is 1. The van der Waals surface area contributed by atoms with Crippen molar-refractivity contribution in [3.63, 3.8) is 0 Å². The SMILES string of the molecule is O=C(NCC1CCN(C(=O)C2CCCCN2)CC1)c1cc(C(F)(F)F)cc(C(F)(F)F)c1. The van der Waals surface area contributed by atoms with Crippen LogP contribution >= 0.6 is 0 Å². The van der Waals surface area contributed by atoms with E-state index in [0.29, 0.717) is 38.1 Å². The van der Waals surface area contributed by atoms with E-state index < -0.39 is 35.0 Å². The van der Waals surface area contributed by atoms with Gasteiger partial charge in [0.05, 0.1) is 17.2 Å². The summed E-state index contributed by atoms with van der Waals surface area (Å²) in [7, 11) is 0. The second kappa shape index (κ2) is 9.68. The number of carbonyl (C=O) groups is 2. The smallest absolute Gasteiger partial charge is 0.352 e. The summed E-state index contributed by atoms with van der Waals surface area (Å²) >= 11 is 0. The average molecular weight is 465 g/mol. The van der Waals surface area contributed by atoms with E-state index in [1.807, 2.05) is 0 Å². The summed E-state index contributed by atoms with van der Waals surface area (Å²) in [6.45, 7) is 1.92. The molecule has 2 N–H and O–H groups in total. The van der Waals surface area contributed by atoms with E-state index in [0.717, 1.165) is 25.8 Å². The highest BCUT2D eigenvalue weighted by Crippen LogP contribution is 2.36. The van der Waals surface area contributed by atoms with Crippen LogP contribution in [0.25, 0.3) is 0 Å². The zero-order chi connectivity index (χ0) is 23.5. The van der Waals surface area contributed by atoms with E-state index >= 15 is 0 Å². The fraction of sp³-hybridized carbons (Fsp3) is 0.619. The topological polar surface area (TPSA) is 61.4 Å². The number of carbonyl (C=O) groups excluding carboxylic acids is 2. The van der Waals surface area contributed by atoms with Gasteiger partial charge >= 0.3 is 12.4 Å². The third-order valence-corrected chi connectivity index (χ3v) is 5.94. The second-order valence-corrected chi connectivity index (χ2v) is 8.28. The lowest BCUT2D eigenvalue weighted by atomic mass is 9.95. The molecule has 5 nitrogen and oxygen atoms in total. The molecule has 2 aliphatic rings. The molecule has 0 bridgehead atoms. The maximum atomic E-state index is 13.0. The van der Waals surface area contributed by atoms with E-state index in [4.69, 9.17) is 0 Å². The summed E-state index contributed by atoms with van der Waals surface area (Å²) in [4.78, 5) is 26.6. The lowest BCUT2D eigenvalue weighted by Crippen LogP contribution is -2.51. The minimum Gasteiger partial charge on any atom is -0.352 e. The van der Waals surface area contributed by atoms with Crippen molar-refractivity contribution < 1.29 is 35.9 Å². The van der Waals surface area contributed by atoms with Gasteiger partial charge in [-0.3, -0.25) is 9.59 Å². The molecule has 1 atom stereocenters. The van der Waals surface area contributed by atoms with E-state index in [9.17, 15) is 35.9 Å². The quantitative estimate of drug-likeness (QED) is 0.665. The molecule has 0 radical (unpaired) electrons. The fourth-order valence-electron chi connectivity index (χ4n) is 4.07. The average Bonchev–Trinajstić information content (AvgIpc) is 2.76. The summed E-state index contributed by atoms with van der Waals surface area (Å²) in [6.07, 6.45) is -6.00. The first-order chi connectivity index (χ1) is 14.9. The molecule has 2 aliphatic heterocycles. The Balaban J connectivity index is 1.56. The highest BCUT2D eigenvalue weighted by molar-refractivity contribution is 5.94. The molecule has 1 unspecified atom stereocenters. The normalized spacial score (nSPS) is 20.8. The van der Waals surface area contributed by atoms with Crippen molar-refractivity contribution in [3.8, 4) is 0 Å². The molecule has 3 rings (SSSR count). The molecule has 2 heterocycles. The molecule has 1 aromatic carbocycles. The Kier molecular flexibility index (Phi) is 7.36. The van der Waals surface area contributed by atoms with Crippen molar-refractivity contribution in [2.75, 3.05) is 26.2 Å². The van der Waals surface area contributed by atoms with Gasteiger partial charge in [-0.15, -0.1) is 0 Å². The van der Waals surface area contributed by atoms with Gasteiger partial charge < -0.3 is 15.5 Å². The molecular weight excluding hydrogens is 440 g/mol. The molecule has 0 spiro atoms. The number of halogens is 6. The molecule has 2 fully saturated rings. The lowest BCUT2D eigenvalue weighted by molar-refractivity contribution is -0.143. The summed E-state index contributed by atoms with van der Waals surface area (Å²) < 4.78 is 77.9. The first-order valence-corrected chi connectivity index (χ1v) is 10.5. The van der Waals surface area contributed by atoms with E-state index in [2.05, 4.69) is 10.6 Å². The maximum absolute atomic E-state index is 13.0. The van der Waals surface area contributed by atoms with Gasteiger partial charge in [0.15, 0.2) is 0 Å². The third kappa shape index (κ3) is 6.14. The minimum absolute atomic E-state index is 0.00924. The number of alkyl halides is 6. The number of piperidine rings is 2. The Morgan fingerprint density at radius 3 is 2.03 bits per heavy atom. The number of benzene rings is 1. The Labute approximate surface area is 181 Å². The first kappa shape index (κ1) is 24.3. The number of hydrogen-bond acceptors (Lipinski definition) is 3. The monoisotopic (exact) mass is 465 g/mol. The molecular formula is C21H25F6N3O2. The van der Waals surface area contributed by atoms with Crippen LogP contribution in [0, 0.1) is 5.92 Å². The molecule has 2 saturated heterocycles. The van der Waals surface area contributed by atoms with Crippen LogP contribution in [0.15, 0.2) is 18.2 Å². The molecule has 1 aromatic rings. The molecule has 0 saturated carbocycles. The predicted molar refractivity (Wildman–Crippen MR) is 104 cm³/mol. The summed E-state index contributed by atoms with van der Waals surface area (Å²) in [6, 6.07) is 0.653. The number of nitrogens with zero attached hydrogens (tertiary/aromatic N) is 1. The predicted octanol–water partition coefficient (Wildman–Crippen LogP) is 3.83. The molecule has 0 aromatic heterocycles. The van der Waals surface area contributed by atoms with E-state index in [1.165, 1.54) is 0 Å². The zero-order valence-corrected chi connectivity index (χ0v) is 17.3. The fourth-order valence-corrected chi connectivity index (χ4v) is 4.07. The minimum atomic E-state index is -5.01. The summed E-state index contributed by atoms with van der Waals surface area (Å²) in [5, 5.41) is 5.65. The third-order valence-electron chi connectivity index (χ3n) is 5.94. The Bertz CT molecular complexity index is 794. The molecule has 178 valence electrons. The van der Waals surface area contributed by atoms with Gasteiger partial charge in [0, 0.05) is 25.2 Å². The highest BCUT2D eigenvalue weighted by atomic mass is 19.4. The Morgan fingerprint density at radius 2 is 1.53 bits per heavy atom. The number of nitrogens with one attached hydrogen (secondary N) is 2. The van der Waals surface area contributed by atoms with Crippen molar-refractivity contribution >= 4 is 11.8 Å². The molecule has 11 heteroatoms. The standard InChI is InChI=1S/C21H25F6N3O2/c22-20(23,24)15-9-14(10-16(11-15)21(25,26)27)18(31)29-12-13-4-7-30(8-5-13)19(32)17-3-1-2-6-28-17/h9-11,13,17,28H,1-8,12H2,(H,29,31). The van der Waals surface area contributed by atoms with Crippen molar-refractivity contribution in [1.82, 2.24) is 15.5 Å². The summed E-state index contributed by atoms with van der Waals surface area (Å²) in [5.74, 6) is -0.961. The number of amides is 2. The number of rotatable bonds is 4. The van der Waals surface area contributed by atoms with E-state index in [1.54, 1.807) is 4.90 Å². The van der Waals surface area contributed by atoms with Crippen LogP contribution in [0.4, 0.5) is 26.3 Å². The van der Waals surface area contributed by atoms with Crippen LogP contribution in [0.2, 0.25) is 0 Å². The largest absolute Gasteiger partial charge is 0.416 e. The Hall–Kier alpha value is -2.30.